The summed E-state index contributed by atoms with van der Waals surface area (Å²) in [7, 11) is 0. The highest BCUT2D eigenvalue weighted by Gasteiger charge is 2.42. The summed E-state index contributed by atoms with van der Waals surface area (Å²) in [6.07, 6.45) is -5.34. The third-order valence-corrected chi connectivity index (χ3v) is 1.10. The second-order valence-electron chi connectivity index (χ2n) is 1.99. The van der Waals surface area contributed by atoms with Crippen LogP contribution in [0.15, 0.2) is 0 Å². The molecule has 66 valence electrons. The highest BCUT2D eigenvalue weighted by atomic mass is 19.3. The first-order valence-corrected chi connectivity index (χ1v) is 2.77. The first-order chi connectivity index (χ1) is 4.95. The molecule has 0 saturated carbocycles. The molecule has 0 fully saturated rings. The molecule has 0 aromatic carbocycles. The number of rotatable bonds is 4. The Morgan fingerprint density at radius 1 is 1.45 bits per heavy atom. The SMILES string of the molecule is O=CC(F)(F)[C@@H](O)[C@H](O)CO. The number of alkyl halides is 2. The molecule has 0 amide bonds. The Bertz CT molecular complexity index is 138. The minimum absolute atomic E-state index is 0.781. The molecule has 0 unspecified atom stereocenters. The predicted molar refractivity (Wildman–Crippen MR) is 30.1 cm³/mol. The van der Waals surface area contributed by atoms with Crippen molar-refractivity contribution in [1.29, 1.82) is 0 Å². The first kappa shape index (κ1) is 10.4. The van der Waals surface area contributed by atoms with Crippen molar-refractivity contribution in [2.24, 2.45) is 0 Å². The largest absolute Gasteiger partial charge is 0.394 e. The third kappa shape index (κ3) is 2.49. The molecule has 0 saturated heterocycles. The number of aldehydes is 1. The monoisotopic (exact) mass is 170 g/mol. The van der Waals surface area contributed by atoms with Crippen molar-refractivity contribution in [3.8, 4) is 0 Å². The lowest BCUT2D eigenvalue weighted by Gasteiger charge is -2.20. The molecule has 0 radical (unpaired) electrons. The number of aliphatic hydroxyl groups is 3. The van der Waals surface area contributed by atoms with Gasteiger partial charge in [0, 0.05) is 0 Å². The maximum absolute atomic E-state index is 12.1. The van der Waals surface area contributed by atoms with Gasteiger partial charge >= 0.3 is 5.92 Å². The number of carbonyl (C=O) groups excluding carboxylic acids is 1. The fourth-order valence-electron chi connectivity index (χ4n) is 0.426. The van der Waals surface area contributed by atoms with Crippen LogP contribution in [0.4, 0.5) is 8.78 Å². The van der Waals surface area contributed by atoms with Crippen LogP contribution in [0.5, 0.6) is 0 Å². The average molecular weight is 170 g/mol. The summed E-state index contributed by atoms with van der Waals surface area (Å²) in [4.78, 5) is 9.59. The van der Waals surface area contributed by atoms with E-state index in [0.29, 0.717) is 0 Å². The summed E-state index contributed by atoms with van der Waals surface area (Å²) in [5.41, 5.74) is 0. The topological polar surface area (TPSA) is 77.8 Å². The summed E-state index contributed by atoms with van der Waals surface area (Å²) >= 11 is 0. The van der Waals surface area contributed by atoms with Gasteiger partial charge in [-0.2, -0.15) is 8.78 Å². The van der Waals surface area contributed by atoms with E-state index in [9.17, 15) is 13.6 Å². The number of hydrogen-bond donors (Lipinski definition) is 3. The van der Waals surface area contributed by atoms with E-state index in [1.807, 2.05) is 0 Å². The molecule has 0 aliphatic rings. The van der Waals surface area contributed by atoms with E-state index in [1.165, 1.54) is 0 Å². The zero-order chi connectivity index (χ0) is 9.07. The van der Waals surface area contributed by atoms with Crippen molar-refractivity contribution in [1.82, 2.24) is 0 Å². The molecule has 0 bridgehead atoms. The smallest absolute Gasteiger partial charge is 0.330 e. The molecule has 4 nitrogen and oxygen atoms in total. The van der Waals surface area contributed by atoms with Gasteiger partial charge in [0.15, 0.2) is 12.4 Å². The molecule has 2 atom stereocenters. The first-order valence-electron chi connectivity index (χ1n) is 2.77. The van der Waals surface area contributed by atoms with Gasteiger partial charge < -0.3 is 15.3 Å². The van der Waals surface area contributed by atoms with Crippen LogP contribution in [0.25, 0.3) is 0 Å². The van der Waals surface area contributed by atoms with Crippen molar-refractivity contribution < 1.29 is 28.9 Å². The molecule has 0 aromatic rings. The molecule has 0 heterocycles. The lowest BCUT2D eigenvalue weighted by Crippen LogP contribution is -2.45. The maximum Gasteiger partial charge on any atom is 0.330 e. The lowest BCUT2D eigenvalue weighted by molar-refractivity contribution is -0.166. The van der Waals surface area contributed by atoms with Gasteiger partial charge in [0.25, 0.3) is 0 Å². The van der Waals surface area contributed by atoms with Gasteiger partial charge in [0.2, 0.25) is 0 Å². The fraction of sp³-hybridized carbons (Fsp3) is 0.800. The summed E-state index contributed by atoms with van der Waals surface area (Å²) in [5.74, 6) is -4.01. The summed E-state index contributed by atoms with van der Waals surface area (Å²) < 4.78 is 24.2. The quantitative estimate of drug-likeness (QED) is 0.450. The van der Waals surface area contributed by atoms with E-state index in [0.717, 1.165) is 0 Å². The third-order valence-electron chi connectivity index (χ3n) is 1.10. The van der Waals surface area contributed by atoms with Crippen LogP contribution < -0.4 is 0 Å². The van der Waals surface area contributed by atoms with Crippen LogP contribution in [0.3, 0.4) is 0 Å². The molecular formula is C5H8F2O4. The minimum Gasteiger partial charge on any atom is -0.394 e. The standard InChI is InChI=1S/C5H8F2O4/c6-5(7,2-9)4(11)3(10)1-8/h2-4,8,10-11H,1H2/t3-,4+/m1/s1. The Labute approximate surface area is 61.1 Å². The highest BCUT2D eigenvalue weighted by molar-refractivity contribution is 5.60. The van der Waals surface area contributed by atoms with Gasteiger partial charge in [-0.1, -0.05) is 0 Å². The molecule has 3 N–H and O–H groups in total. The Morgan fingerprint density at radius 3 is 2.18 bits per heavy atom. The van der Waals surface area contributed by atoms with Crippen LogP contribution in [-0.4, -0.2) is 46.3 Å². The van der Waals surface area contributed by atoms with Gasteiger partial charge in [-0.25, -0.2) is 0 Å². The van der Waals surface area contributed by atoms with Crippen molar-refractivity contribution >= 4 is 6.29 Å². The zero-order valence-electron chi connectivity index (χ0n) is 5.44. The fourth-order valence-corrected chi connectivity index (χ4v) is 0.426. The van der Waals surface area contributed by atoms with Crippen LogP contribution in [0.2, 0.25) is 0 Å². The summed E-state index contributed by atoms with van der Waals surface area (Å²) in [5, 5.41) is 25.0. The van der Waals surface area contributed by atoms with E-state index >= 15 is 0 Å². The molecule has 0 rings (SSSR count). The molecule has 11 heavy (non-hydrogen) atoms. The molecular weight excluding hydrogens is 162 g/mol. The van der Waals surface area contributed by atoms with Gasteiger partial charge in [0.05, 0.1) is 6.61 Å². The predicted octanol–water partition coefficient (Wildman–Crippen LogP) is -1.47. The van der Waals surface area contributed by atoms with Gasteiger partial charge in [-0.15, -0.1) is 0 Å². The molecule has 0 aliphatic heterocycles. The summed E-state index contributed by atoms with van der Waals surface area (Å²) in [6.45, 7) is -1.02. The Hall–Kier alpha value is -0.590. The molecule has 0 spiro atoms. The van der Waals surface area contributed by atoms with Gasteiger partial charge in [0.1, 0.15) is 6.10 Å². The van der Waals surface area contributed by atoms with Crippen molar-refractivity contribution in [2.45, 2.75) is 18.1 Å². The normalized spacial score (nSPS) is 17.5. The Morgan fingerprint density at radius 2 is 1.91 bits per heavy atom. The maximum atomic E-state index is 12.1. The van der Waals surface area contributed by atoms with Crippen LogP contribution >= 0.6 is 0 Å². The van der Waals surface area contributed by atoms with Crippen LogP contribution in [0.1, 0.15) is 0 Å². The van der Waals surface area contributed by atoms with Gasteiger partial charge in [-0.05, 0) is 0 Å². The van der Waals surface area contributed by atoms with Crippen molar-refractivity contribution in [3.63, 3.8) is 0 Å². The van der Waals surface area contributed by atoms with Crippen molar-refractivity contribution in [2.75, 3.05) is 6.61 Å². The number of carbonyl (C=O) groups is 1. The molecule has 6 heteroatoms. The Balaban J connectivity index is 4.21. The highest BCUT2D eigenvalue weighted by Crippen LogP contribution is 2.17. The van der Waals surface area contributed by atoms with Crippen LogP contribution in [0, 0.1) is 0 Å². The van der Waals surface area contributed by atoms with Crippen molar-refractivity contribution in [3.05, 3.63) is 0 Å². The van der Waals surface area contributed by atoms with E-state index in [2.05, 4.69) is 0 Å². The van der Waals surface area contributed by atoms with Gasteiger partial charge in [-0.3, -0.25) is 4.79 Å². The van der Waals surface area contributed by atoms with E-state index in [1.54, 1.807) is 0 Å². The van der Waals surface area contributed by atoms with Crippen LogP contribution in [-0.2, 0) is 4.79 Å². The number of aliphatic hydroxyl groups excluding tert-OH is 3. The number of halogens is 2. The van der Waals surface area contributed by atoms with E-state index in [-0.39, 0.29) is 0 Å². The van der Waals surface area contributed by atoms with E-state index < -0.39 is 31.0 Å². The second-order valence-corrected chi connectivity index (χ2v) is 1.99. The van der Waals surface area contributed by atoms with E-state index in [4.69, 9.17) is 15.3 Å². The minimum atomic E-state index is -4.01. The Kier molecular flexibility index (Phi) is 3.50. The number of hydrogen-bond acceptors (Lipinski definition) is 4. The molecule has 0 aliphatic carbocycles. The summed E-state index contributed by atoms with van der Waals surface area (Å²) in [6, 6.07) is 0. The molecule has 0 aromatic heterocycles. The second kappa shape index (κ2) is 3.70. The lowest BCUT2D eigenvalue weighted by atomic mass is 10.1. The average Bonchev–Trinajstić information content (AvgIpc) is 2.01. The zero-order valence-corrected chi connectivity index (χ0v) is 5.44.